The Labute approximate surface area is 124 Å². The van der Waals surface area contributed by atoms with E-state index in [1.54, 1.807) is 12.1 Å². The third-order valence-corrected chi connectivity index (χ3v) is 5.13. The minimum atomic E-state index is -3.42. The van der Waals surface area contributed by atoms with Crippen molar-refractivity contribution in [3.05, 3.63) is 41.5 Å². The molecule has 0 spiro atoms. The molecule has 0 bridgehead atoms. The average molecular weight is 346 g/mol. The molecule has 0 aliphatic rings. The molecule has 106 valence electrons. The monoisotopic (exact) mass is 345 g/mol. The van der Waals surface area contributed by atoms with Crippen molar-refractivity contribution in [2.24, 2.45) is 0 Å². The van der Waals surface area contributed by atoms with Gasteiger partial charge in [0.2, 0.25) is 10.0 Å². The zero-order valence-corrected chi connectivity index (χ0v) is 14.0. The summed E-state index contributed by atoms with van der Waals surface area (Å²) >= 11 is 3.31. The van der Waals surface area contributed by atoms with Gasteiger partial charge in [-0.25, -0.2) is 8.42 Å². The first-order chi connectivity index (χ1) is 8.91. The zero-order chi connectivity index (χ0) is 14.5. The number of rotatable bonds is 6. The molecule has 1 aromatic rings. The minimum Gasteiger partial charge on any atom is -0.207 e. The van der Waals surface area contributed by atoms with Gasteiger partial charge >= 0.3 is 0 Å². The molecule has 0 heterocycles. The number of allylic oxidation sites excluding steroid dienone is 1. The summed E-state index contributed by atoms with van der Waals surface area (Å²) in [5.74, 6) is 0. The normalized spacial score (nSPS) is 13.0. The van der Waals surface area contributed by atoms with Crippen LogP contribution in [0.2, 0.25) is 0 Å². The van der Waals surface area contributed by atoms with Gasteiger partial charge in [0.1, 0.15) is 0 Å². The van der Waals surface area contributed by atoms with E-state index in [0.29, 0.717) is 23.3 Å². The quantitative estimate of drug-likeness (QED) is 0.585. The van der Waals surface area contributed by atoms with Gasteiger partial charge in [-0.15, -0.1) is 0 Å². The van der Waals surface area contributed by atoms with Crippen molar-refractivity contribution in [3.63, 3.8) is 0 Å². The van der Waals surface area contributed by atoms with Crippen molar-refractivity contribution >= 4 is 26.0 Å². The standard InChI is InChI=1S/C14H20BrNO2S/c1-4-12(2)11-16(10-9-15)19(17,18)14-7-5-13(3)6-8-14/h4-8H,9-11H2,1-3H3/b12-4+. The summed E-state index contributed by atoms with van der Waals surface area (Å²) in [5.41, 5.74) is 2.09. The lowest BCUT2D eigenvalue weighted by atomic mass is 10.2. The molecule has 3 nitrogen and oxygen atoms in total. The molecule has 19 heavy (non-hydrogen) atoms. The van der Waals surface area contributed by atoms with E-state index in [1.165, 1.54) is 4.31 Å². The van der Waals surface area contributed by atoms with Crippen LogP contribution in [-0.2, 0) is 10.0 Å². The van der Waals surface area contributed by atoms with Crippen molar-refractivity contribution in [2.45, 2.75) is 25.7 Å². The van der Waals surface area contributed by atoms with Gasteiger partial charge in [-0.2, -0.15) is 4.31 Å². The molecule has 5 heteroatoms. The molecule has 1 rings (SSSR count). The molecule has 1 aromatic carbocycles. The fourth-order valence-electron chi connectivity index (χ4n) is 1.61. The van der Waals surface area contributed by atoms with Crippen LogP contribution >= 0.6 is 15.9 Å². The molecule has 0 fully saturated rings. The number of hydrogen-bond acceptors (Lipinski definition) is 2. The van der Waals surface area contributed by atoms with Gasteiger partial charge in [0.05, 0.1) is 4.90 Å². The predicted molar refractivity (Wildman–Crippen MR) is 83.2 cm³/mol. The third-order valence-electron chi connectivity index (χ3n) is 2.91. The number of nitrogens with zero attached hydrogens (tertiary/aromatic N) is 1. The second-order valence-corrected chi connectivity index (χ2v) is 7.21. The largest absolute Gasteiger partial charge is 0.243 e. The van der Waals surface area contributed by atoms with E-state index < -0.39 is 10.0 Å². The van der Waals surface area contributed by atoms with Gasteiger partial charge in [-0.1, -0.05) is 45.3 Å². The van der Waals surface area contributed by atoms with Crippen LogP contribution in [0.1, 0.15) is 19.4 Å². The maximum atomic E-state index is 12.6. The summed E-state index contributed by atoms with van der Waals surface area (Å²) in [4.78, 5) is 0.350. The molecule has 0 radical (unpaired) electrons. The van der Waals surface area contributed by atoms with Crippen molar-refractivity contribution in [3.8, 4) is 0 Å². The Balaban J connectivity index is 3.08. The van der Waals surface area contributed by atoms with Crippen molar-refractivity contribution < 1.29 is 8.42 Å². The van der Waals surface area contributed by atoms with Crippen LogP contribution in [0, 0.1) is 6.92 Å². The summed E-state index contributed by atoms with van der Waals surface area (Å²) in [5, 5.41) is 0.620. The Kier molecular flexibility index (Phi) is 6.23. The van der Waals surface area contributed by atoms with Gasteiger partial charge in [0.15, 0.2) is 0 Å². The summed E-state index contributed by atoms with van der Waals surface area (Å²) in [7, 11) is -3.42. The summed E-state index contributed by atoms with van der Waals surface area (Å²) in [6, 6.07) is 6.97. The van der Waals surface area contributed by atoms with Crippen LogP contribution in [-0.4, -0.2) is 31.1 Å². The van der Waals surface area contributed by atoms with E-state index in [4.69, 9.17) is 0 Å². The fraction of sp³-hybridized carbons (Fsp3) is 0.429. The lowest BCUT2D eigenvalue weighted by Gasteiger charge is -2.21. The van der Waals surface area contributed by atoms with E-state index in [2.05, 4.69) is 15.9 Å². The first-order valence-corrected chi connectivity index (χ1v) is 8.72. The highest BCUT2D eigenvalue weighted by Crippen LogP contribution is 2.17. The van der Waals surface area contributed by atoms with Crippen LogP contribution in [0.15, 0.2) is 40.8 Å². The molecule has 0 aliphatic carbocycles. The van der Waals surface area contributed by atoms with Crippen LogP contribution in [0.5, 0.6) is 0 Å². The maximum Gasteiger partial charge on any atom is 0.243 e. The van der Waals surface area contributed by atoms with Crippen molar-refractivity contribution in [1.82, 2.24) is 4.31 Å². The Morgan fingerprint density at radius 2 is 1.89 bits per heavy atom. The summed E-state index contributed by atoms with van der Waals surface area (Å²) in [6.45, 7) is 6.68. The highest BCUT2D eigenvalue weighted by Gasteiger charge is 2.23. The third kappa shape index (κ3) is 4.44. The fourth-order valence-corrected chi connectivity index (χ4v) is 3.75. The number of hydrogen-bond donors (Lipinski definition) is 0. The van der Waals surface area contributed by atoms with E-state index in [1.807, 2.05) is 39.0 Å². The molecule has 0 aliphatic heterocycles. The maximum absolute atomic E-state index is 12.6. The summed E-state index contributed by atoms with van der Waals surface area (Å²) < 4.78 is 26.6. The highest BCUT2D eigenvalue weighted by molar-refractivity contribution is 9.09. The Bertz CT molecular complexity index is 535. The molecule has 0 saturated heterocycles. The first kappa shape index (κ1) is 16.4. The number of halogens is 1. The van der Waals surface area contributed by atoms with Gasteiger partial charge in [0.25, 0.3) is 0 Å². The molecule has 0 aromatic heterocycles. The molecule has 0 unspecified atom stereocenters. The topological polar surface area (TPSA) is 37.4 Å². The Hall–Kier alpha value is -0.650. The van der Waals surface area contributed by atoms with Crippen LogP contribution < -0.4 is 0 Å². The Morgan fingerprint density at radius 3 is 2.37 bits per heavy atom. The van der Waals surface area contributed by atoms with Crippen molar-refractivity contribution in [1.29, 1.82) is 0 Å². The smallest absolute Gasteiger partial charge is 0.207 e. The molecule has 0 saturated carbocycles. The van der Waals surface area contributed by atoms with Crippen molar-refractivity contribution in [2.75, 3.05) is 18.4 Å². The second kappa shape index (κ2) is 7.22. The number of alkyl halides is 1. The molecule has 0 amide bonds. The number of sulfonamides is 1. The highest BCUT2D eigenvalue weighted by atomic mass is 79.9. The second-order valence-electron chi connectivity index (χ2n) is 4.48. The molecule has 0 N–H and O–H groups in total. The SMILES string of the molecule is C/C=C(\C)CN(CCBr)S(=O)(=O)c1ccc(C)cc1. The minimum absolute atomic E-state index is 0.350. The Morgan fingerprint density at radius 1 is 1.32 bits per heavy atom. The number of benzene rings is 1. The van der Waals surface area contributed by atoms with Crippen LogP contribution in [0.4, 0.5) is 0 Å². The average Bonchev–Trinajstić information content (AvgIpc) is 2.38. The van der Waals surface area contributed by atoms with E-state index in [9.17, 15) is 8.42 Å². The molecular weight excluding hydrogens is 326 g/mol. The van der Waals surface area contributed by atoms with Gasteiger partial charge in [0, 0.05) is 18.4 Å². The van der Waals surface area contributed by atoms with E-state index >= 15 is 0 Å². The van der Waals surface area contributed by atoms with Gasteiger partial charge in [-0.05, 0) is 32.9 Å². The predicted octanol–water partition coefficient (Wildman–Crippen LogP) is 3.35. The van der Waals surface area contributed by atoms with E-state index in [0.717, 1.165) is 11.1 Å². The molecular formula is C14H20BrNO2S. The lowest BCUT2D eigenvalue weighted by Crippen LogP contribution is -2.34. The summed E-state index contributed by atoms with van der Waals surface area (Å²) in [6.07, 6.45) is 1.94. The first-order valence-electron chi connectivity index (χ1n) is 6.16. The van der Waals surface area contributed by atoms with Gasteiger partial charge < -0.3 is 0 Å². The van der Waals surface area contributed by atoms with E-state index in [-0.39, 0.29) is 0 Å². The van der Waals surface area contributed by atoms with Gasteiger partial charge in [-0.3, -0.25) is 0 Å². The lowest BCUT2D eigenvalue weighted by molar-refractivity contribution is 0.455. The number of aryl methyl sites for hydroxylation is 1. The molecule has 0 atom stereocenters. The van der Waals surface area contributed by atoms with Crippen LogP contribution in [0.3, 0.4) is 0 Å². The zero-order valence-electron chi connectivity index (χ0n) is 11.6. The van der Waals surface area contributed by atoms with Crippen LogP contribution in [0.25, 0.3) is 0 Å².